The molecule has 1 fully saturated rings. The summed E-state index contributed by atoms with van der Waals surface area (Å²) in [6.07, 6.45) is 4.72. The Bertz CT molecular complexity index is 1450. The van der Waals surface area contributed by atoms with Crippen molar-refractivity contribution in [3.63, 3.8) is 0 Å². The van der Waals surface area contributed by atoms with Crippen LogP contribution in [0.2, 0.25) is 5.02 Å². The Kier molecular flexibility index (Phi) is 6.71. The van der Waals surface area contributed by atoms with Crippen molar-refractivity contribution in [3.05, 3.63) is 82.9 Å². The third-order valence-corrected chi connectivity index (χ3v) is 7.01. The largest absolute Gasteiger partial charge is 0.324 e. The van der Waals surface area contributed by atoms with Crippen LogP contribution in [0.4, 0.5) is 14.5 Å². The normalized spacial score (nSPS) is 14.9. The highest BCUT2D eigenvalue weighted by atomic mass is 35.5. The minimum absolute atomic E-state index is 0.0197. The van der Waals surface area contributed by atoms with Gasteiger partial charge in [-0.25, -0.2) is 13.8 Å². The van der Waals surface area contributed by atoms with Crippen molar-refractivity contribution >= 4 is 34.2 Å². The molecule has 8 heteroatoms. The number of rotatable bonds is 5. The van der Waals surface area contributed by atoms with E-state index < -0.39 is 17.7 Å². The summed E-state index contributed by atoms with van der Waals surface area (Å²) in [6.45, 7) is 0. The molecule has 1 saturated carbocycles. The third-order valence-electron chi connectivity index (χ3n) is 6.76. The Morgan fingerprint density at radius 1 is 1.03 bits per heavy atom. The molecule has 1 aromatic heterocycles. The molecule has 1 aliphatic carbocycles. The van der Waals surface area contributed by atoms with Crippen molar-refractivity contribution in [2.75, 3.05) is 5.32 Å². The van der Waals surface area contributed by atoms with Gasteiger partial charge < -0.3 is 9.88 Å². The van der Waals surface area contributed by atoms with Crippen molar-refractivity contribution in [2.24, 2.45) is 5.92 Å². The van der Waals surface area contributed by atoms with Gasteiger partial charge in [-0.15, -0.1) is 0 Å². The van der Waals surface area contributed by atoms with Gasteiger partial charge in [0.15, 0.2) is 11.6 Å². The van der Waals surface area contributed by atoms with Crippen LogP contribution in [0.15, 0.2) is 60.7 Å². The second kappa shape index (κ2) is 10.1. The average molecular weight is 505 g/mol. The Labute approximate surface area is 212 Å². The molecular weight excluding hydrogens is 482 g/mol. The molecule has 0 bridgehead atoms. The molecule has 1 aliphatic rings. The quantitative estimate of drug-likeness (QED) is 0.311. The number of fused-ring (bicyclic) bond motifs is 1. The first-order valence-corrected chi connectivity index (χ1v) is 12.3. The highest BCUT2D eigenvalue weighted by Gasteiger charge is 2.34. The first-order chi connectivity index (χ1) is 17.4. The van der Waals surface area contributed by atoms with Crippen LogP contribution < -0.4 is 5.32 Å². The van der Waals surface area contributed by atoms with Crippen LogP contribution in [-0.4, -0.2) is 15.5 Å². The van der Waals surface area contributed by atoms with E-state index in [9.17, 15) is 13.6 Å². The topological polar surface area (TPSA) is 70.7 Å². The molecule has 4 aromatic rings. The lowest BCUT2D eigenvalue weighted by Crippen LogP contribution is -2.33. The van der Waals surface area contributed by atoms with Gasteiger partial charge in [0.05, 0.1) is 22.7 Å². The minimum Gasteiger partial charge on any atom is -0.324 e. The van der Waals surface area contributed by atoms with E-state index in [4.69, 9.17) is 16.9 Å². The van der Waals surface area contributed by atoms with Gasteiger partial charge in [-0.05, 0) is 67.3 Å². The van der Waals surface area contributed by atoms with Gasteiger partial charge in [0.2, 0.25) is 5.91 Å². The number of imidazole rings is 1. The monoisotopic (exact) mass is 504 g/mol. The zero-order valence-corrected chi connectivity index (χ0v) is 20.1. The lowest BCUT2D eigenvalue weighted by molar-refractivity contribution is -0.121. The second-order valence-electron chi connectivity index (χ2n) is 9.09. The molecule has 3 aromatic carbocycles. The Hall–Kier alpha value is -3.76. The molecule has 5 rings (SSSR count). The number of nitrogens with one attached hydrogen (secondary N) is 1. The van der Waals surface area contributed by atoms with E-state index in [1.54, 1.807) is 53.1 Å². The zero-order chi connectivity index (χ0) is 25.2. The van der Waals surface area contributed by atoms with Crippen molar-refractivity contribution in [1.29, 1.82) is 5.26 Å². The lowest BCUT2D eigenvalue weighted by Gasteiger charge is -2.32. The predicted molar refractivity (Wildman–Crippen MR) is 135 cm³/mol. The van der Waals surface area contributed by atoms with Crippen molar-refractivity contribution < 1.29 is 13.6 Å². The molecule has 1 unspecified atom stereocenters. The number of halogens is 3. The van der Waals surface area contributed by atoms with Gasteiger partial charge in [0.1, 0.15) is 11.9 Å². The Morgan fingerprint density at radius 2 is 1.69 bits per heavy atom. The van der Waals surface area contributed by atoms with E-state index in [1.807, 2.05) is 0 Å². The maximum Gasteiger partial charge on any atom is 0.247 e. The summed E-state index contributed by atoms with van der Waals surface area (Å²) >= 11 is 6.10. The van der Waals surface area contributed by atoms with Gasteiger partial charge in [-0.3, -0.25) is 4.79 Å². The molecule has 0 aliphatic heterocycles. The van der Waals surface area contributed by atoms with Crippen molar-refractivity contribution in [3.8, 4) is 17.5 Å². The van der Waals surface area contributed by atoms with Crippen molar-refractivity contribution in [2.45, 2.75) is 38.1 Å². The van der Waals surface area contributed by atoms with Crippen LogP contribution in [0.5, 0.6) is 0 Å². The van der Waals surface area contributed by atoms with Gasteiger partial charge in [-0.2, -0.15) is 5.26 Å². The maximum atomic E-state index is 14.5. The first-order valence-electron chi connectivity index (χ1n) is 11.9. The third kappa shape index (κ3) is 4.69. The van der Waals surface area contributed by atoms with Gasteiger partial charge >= 0.3 is 0 Å². The van der Waals surface area contributed by atoms with E-state index in [-0.39, 0.29) is 17.3 Å². The summed E-state index contributed by atoms with van der Waals surface area (Å²) in [7, 11) is 0. The summed E-state index contributed by atoms with van der Waals surface area (Å²) in [6, 6.07) is 17.2. The fraction of sp³-hybridized carbons (Fsp3) is 0.250. The van der Waals surface area contributed by atoms with Crippen LogP contribution >= 0.6 is 11.6 Å². The number of nitriles is 1. The standard InChI is InChI=1S/C28H23ClF2N4O/c29-20-10-8-19(9-11-20)27-34-24-14-22(30)23(31)15-25(24)35(27)26(18-4-2-1-3-5-18)28(36)33-21-12-6-17(16-32)7-13-21/h6-15,18,26H,1-5H2,(H,33,36). The molecule has 0 spiro atoms. The molecule has 36 heavy (non-hydrogen) atoms. The molecule has 1 N–H and O–H groups in total. The number of carbonyl (C=O) groups is 1. The first kappa shape index (κ1) is 24.0. The van der Waals surface area contributed by atoms with E-state index in [0.29, 0.717) is 33.2 Å². The number of aromatic nitrogens is 2. The number of nitrogens with zero attached hydrogens (tertiary/aromatic N) is 3. The number of benzene rings is 3. The fourth-order valence-electron chi connectivity index (χ4n) is 5.01. The SMILES string of the molecule is N#Cc1ccc(NC(=O)C(C2CCCCC2)n2c(-c3ccc(Cl)cc3)nc3cc(F)c(F)cc32)cc1. The van der Waals surface area contributed by atoms with Crippen LogP contribution in [0.3, 0.4) is 0 Å². The number of hydrogen-bond acceptors (Lipinski definition) is 3. The van der Waals surface area contributed by atoms with Crippen LogP contribution in [0.25, 0.3) is 22.4 Å². The summed E-state index contributed by atoms with van der Waals surface area (Å²) in [5.41, 5.74) is 2.34. The summed E-state index contributed by atoms with van der Waals surface area (Å²) in [5.74, 6) is -1.84. The minimum atomic E-state index is -0.999. The number of anilines is 1. The van der Waals surface area contributed by atoms with Crippen LogP contribution in [-0.2, 0) is 4.79 Å². The lowest BCUT2D eigenvalue weighted by atomic mass is 9.83. The average Bonchev–Trinajstić information content (AvgIpc) is 3.23. The van der Waals surface area contributed by atoms with Gasteiger partial charge in [-0.1, -0.05) is 30.9 Å². The highest BCUT2D eigenvalue weighted by Crippen LogP contribution is 2.39. The predicted octanol–water partition coefficient (Wildman–Crippen LogP) is 7.27. The highest BCUT2D eigenvalue weighted by molar-refractivity contribution is 6.30. The van der Waals surface area contributed by atoms with Crippen LogP contribution in [0, 0.1) is 28.9 Å². The summed E-state index contributed by atoms with van der Waals surface area (Å²) in [5, 5.41) is 12.6. The maximum absolute atomic E-state index is 14.5. The Balaban J connectivity index is 1.67. The van der Waals surface area contributed by atoms with Gasteiger partial charge in [0.25, 0.3) is 0 Å². The number of carbonyl (C=O) groups excluding carboxylic acids is 1. The summed E-state index contributed by atoms with van der Waals surface area (Å²) in [4.78, 5) is 18.5. The van der Waals surface area contributed by atoms with E-state index >= 15 is 0 Å². The molecule has 182 valence electrons. The van der Waals surface area contributed by atoms with E-state index in [2.05, 4.69) is 16.4 Å². The summed E-state index contributed by atoms with van der Waals surface area (Å²) < 4.78 is 30.4. The molecule has 1 amide bonds. The second-order valence-corrected chi connectivity index (χ2v) is 9.53. The zero-order valence-electron chi connectivity index (χ0n) is 19.3. The molecule has 0 radical (unpaired) electrons. The van der Waals surface area contributed by atoms with E-state index in [0.717, 1.165) is 44.2 Å². The van der Waals surface area contributed by atoms with Crippen LogP contribution in [0.1, 0.15) is 43.7 Å². The smallest absolute Gasteiger partial charge is 0.247 e. The fourth-order valence-corrected chi connectivity index (χ4v) is 5.14. The molecule has 5 nitrogen and oxygen atoms in total. The van der Waals surface area contributed by atoms with E-state index in [1.165, 1.54) is 0 Å². The van der Waals surface area contributed by atoms with Crippen molar-refractivity contribution in [1.82, 2.24) is 9.55 Å². The molecular formula is C28H23ClF2N4O. The molecule has 1 atom stereocenters. The molecule has 1 heterocycles. The number of amides is 1. The Morgan fingerprint density at radius 3 is 2.36 bits per heavy atom. The van der Waals surface area contributed by atoms with Gasteiger partial charge in [0, 0.05) is 28.4 Å². The number of hydrogen-bond donors (Lipinski definition) is 1. The molecule has 0 saturated heterocycles.